The summed E-state index contributed by atoms with van der Waals surface area (Å²) in [5.74, 6) is 0.459. The topological polar surface area (TPSA) is 35.5 Å². The molecule has 0 heterocycles. The molecule has 3 heteroatoms. The van der Waals surface area contributed by atoms with Crippen LogP contribution in [0.2, 0.25) is 0 Å². The zero-order valence-electron chi connectivity index (χ0n) is 9.55. The summed E-state index contributed by atoms with van der Waals surface area (Å²) in [5, 5.41) is 0. The second-order valence-electron chi connectivity index (χ2n) is 3.92. The third kappa shape index (κ3) is 4.90. The first-order valence-electron chi connectivity index (χ1n) is 4.85. The Labute approximate surface area is 86.1 Å². The highest BCUT2D eigenvalue weighted by Gasteiger charge is 2.26. The number of carbonyl (C=O) groups is 1. The van der Waals surface area contributed by atoms with Gasteiger partial charge in [-0.25, -0.2) is 0 Å². The van der Waals surface area contributed by atoms with Crippen LogP contribution in [0.4, 0.5) is 0 Å². The van der Waals surface area contributed by atoms with Crippen molar-refractivity contribution in [3.05, 3.63) is 12.3 Å². The van der Waals surface area contributed by atoms with E-state index < -0.39 is 5.41 Å². The predicted molar refractivity (Wildman–Crippen MR) is 55.8 cm³/mol. The van der Waals surface area contributed by atoms with E-state index in [9.17, 15) is 4.79 Å². The minimum atomic E-state index is -0.400. The van der Waals surface area contributed by atoms with Gasteiger partial charge in [-0.3, -0.25) is 4.79 Å². The van der Waals surface area contributed by atoms with Crippen LogP contribution < -0.4 is 0 Å². The van der Waals surface area contributed by atoms with Gasteiger partial charge in [0, 0.05) is 0 Å². The van der Waals surface area contributed by atoms with E-state index in [2.05, 4.69) is 6.58 Å². The summed E-state index contributed by atoms with van der Waals surface area (Å²) in [6, 6.07) is 0. The number of allylic oxidation sites excluding steroid dienone is 1. The van der Waals surface area contributed by atoms with Crippen LogP contribution >= 0.6 is 0 Å². The Bertz CT molecular complexity index is 207. The van der Waals surface area contributed by atoms with Gasteiger partial charge in [0.15, 0.2) is 0 Å². The van der Waals surface area contributed by atoms with Crippen LogP contribution in [0.5, 0.6) is 0 Å². The van der Waals surface area contributed by atoms with Gasteiger partial charge >= 0.3 is 5.97 Å². The lowest BCUT2D eigenvalue weighted by atomic mass is 9.91. The van der Waals surface area contributed by atoms with Crippen molar-refractivity contribution in [1.29, 1.82) is 0 Å². The highest BCUT2D eigenvalue weighted by molar-refractivity contribution is 5.75. The van der Waals surface area contributed by atoms with Crippen LogP contribution in [-0.4, -0.2) is 19.2 Å². The van der Waals surface area contributed by atoms with Crippen molar-refractivity contribution in [2.24, 2.45) is 5.41 Å². The van der Waals surface area contributed by atoms with Gasteiger partial charge in [-0.05, 0) is 27.2 Å². The monoisotopic (exact) mass is 200 g/mol. The average Bonchev–Trinajstić information content (AvgIpc) is 2.11. The van der Waals surface area contributed by atoms with E-state index in [1.54, 1.807) is 6.92 Å². The fourth-order valence-corrected chi connectivity index (χ4v) is 0.690. The molecule has 0 spiro atoms. The van der Waals surface area contributed by atoms with Gasteiger partial charge in [0.2, 0.25) is 0 Å². The Kier molecular flexibility index (Phi) is 5.28. The predicted octanol–water partition coefficient (Wildman–Crippen LogP) is 2.52. The Morgan fingerprint density at radius 3 is 2.21 bits per heavy atom. The summed E-state index contributed by atoms with van der Waals surface area (Å²) >= 11 is 0. The molecule has 14 heavy (non-hydrogen) atoms. The van der Waals surface area contributed by atoms with Gasteiger partial charge in [0.25, 0.3) is 0 Å². The molecule has 0 unspecified atom stereocenters. The van der Waals surface area contributed by atoms with E-state index in [1.165, 1.54) is 0 Å². The van der Waals surface area contributed by atoms with E-state index in [0.29, 0.717) is 12.4 Å². The number of rotatable bonds is 6. The Hall–Kier alpha value is -0.990. The van der Waals surface area contributed by atoms with Gasteiger partial charge < -0.3 is 9.47 Å². The second-order valence-corrected chi connectivity index (χ2v) is 3.92. The molecule has 0 aromatic carbocycles. The Morgan fingerprint density at radius 1 is 1.29 bits per heavy atom. The van der Waals surface area contributed by atoms with Crippen LogP contribution in [0, 0.1) is 5.41 Å². The maximum atomic E-state index is 11.4. The van der Waals surface area contributed by atoms with E-state index in [-0.39, 0.29) is 12.6 Å². The number of carbonyl (C=O) groups excluding carboxylic acids is 1. The lowest BCUT2D eigenvalue weighted by molar-refractivity contribution is -0.155. The fraction of sp³-hybridized carbons (Fsp3) is 0.727. The zero-order chi connectivity index (χ0) is 11.2. The molecule has 0 aliphatic heterocycles. The molecule has 0 radical (unpaired) electrons. The molecule has 0 aliphatic rings. The van der Waals surface area contributed by atoms with Gasteiger partial charge in [-0.15, -0.1) is 0 Å². The van der Waals surface area contributed by atoms with Crippen molar-refractivity contribution in [1.82, 2.24) is 0 Å². The molecule has 0 rings (SSSR count). The van der Waals surface area contributed by atoms with Crippen molar-refractivity contribution in [3.63, 3.8) is 0 Å². The number of hydrogen-bond donors (Lipinski definition) is 0. The van der Waals surface area contributed by atoms with Gasteiger partial charge in [-0.2, -0.15) is 0 Å². The molecule has 0 saturated heterocycles. The lowest BCUT2D eigenvalue weighted by Crippen LogP contribution is -2.26. The first kappa shape index (κ1) is 13.0. The molecule has 0 bridgehead atoms. The number of hydrogen-bond acceptors (Lipinski definition) is 3. The highest BCUT2D eigenvalue weighted by Crippen LogP contribution is 2.21. The van der Waals surface area contributed by atoms with Crippen molar-refractivity contribution in [3.8, 4) is 0 Å². The van der Waals surface area contributed by atoms with Crippen molar-refractivity contribution >= 4 is 5.97 Å². The maximum Gasteiger partial charge on any atom is 0.311 e. The molecule has 0 amide bonds. The maximum absolute atomic E-state index is 11.4. The molecule has 3 nitrogen and oxygen atoms in total. The van der Waals surface area contributed by atoms with E-state index >= 15 is 0 Å². The standard InChI is InChI=1S/C11H20O3/c1-6-11(4,5)10(12)14-8-7-13-9(2)3/h2,6-8H2,1,3-5H3. The first-order chi connectivity index (χ1) is 6.40. The molecular formula is C11H20O3. The number of esters is 1. The van der Waals surface area contributed by atoms with E-state index in [4.69, 9.17) is 9.47 Å². The Morgan fingerprint density at radius 2 is 1.79 bits per heavy atom. The fourth-order valence-electron chi connectivity index (χ4n) is 0.690. The Balaban J connectivity index is 3.70. The summed E-state index contributed by atoms with van der Waals surface area (Å²) in [4.78, 5) is 11.4. The van der Waals surface area contributed by atoms with E-state index in [1.807, 2.05) is 20.8 Å². The van der Waals surface area contributed by atoms with E-state index in [0.717, 1.165) is 6.42 Å². The van der Waals surface area contributed by atoms with Gasteiger partial charge in [-0.1, -0.05) is 13.5 Å². The highest BCUT2D eigenvalue weighted by atomic mass is 16.6. The summed E-state index contributed by atoms with van der Waals surface area (Å²) in [6.07, 6.45) is 0.771. The van der Waals surface area contributed by atoms with Crippen LogP contribution in [-0.2, 0) is 14.3 Å². The normalized spacial score (nSPS) is 10.9. The minimum Gasteiger partial charge on any atom is -0.495 e. The first-order valence-corrected chi connectivity index (χ1v) is 4.85. The summed E-state index contributed by atoms with van der Waals surface area (Å²) in [5.41, 5.74) is -0.400. The smallest absolute Gasteiger partial charge is 0.311 e. The molecule has 0 saturated carbocycles. The zero-order valence-corrected chi connectivity index (χ0v) is 9.55. The van der Waals surface area contributed by atoms with Crippen molar-refractivity contribution in [2.75, 3.05) is 13.2 Å². The molecule has 0 aromatic rings. The molecule has 0 N–H and O–H groups in total. The quantitative estimate of drug-likeness (QED) is 0.375. The molecule has 0 atom stereocenters. The third-order valence-electron chi connectivity index (χ3n) is 2.10. The van der Waals surface area contributed by atoms with Gasteiger partial charge in [0.1, 0.15) is 13.2 Å². The largest absolute Gasteiger partial charge is 0.495 e. The van der Waals surface area contributed by atoms with Crippen LogP contribution in [0.3, 0.4) is 0 Å². The van der Waals surface area contributed by atoms with Crippen molar-refractivity contribution in [2.45, 2.75) is 34.1 Å². The molecule has 0 aliphatic carbocycles. The minimum absolute atomic E-state index is 0.176. The van der Waals surface area contributed by atoms with Crippen LogP contribution in [0.1, 0.15) is 34.1 Å². The second kappa shape index (κ2) is 5.68. The van der Waals surface area contributed by atoms with Crippen molar-refractivity contribution < 1.29 is 14.3 Å². The van der Waals surface area contributed by atoms with Gasteiger partial charge in [0.05, 0.1) is 11.2 Å². The van der Waals surface area contributed by atoms with Crippen LogP contribution in [0.15, 0.2) is 12.3 Å². The third-order valence-corrected chi connectivity index (χ3v) is 2.10. The lowest BCUT2D eigenvalue weighted by Gasteiger charge is -2.20. The molecular weight excluding hydrogens is 180 g/mol. The molecule has 0 fully saturated rings. The SMILES string of the molecule is C=C(C)OCCOC(=O)C(C)(C)CC. The summed E-state index contributed by atoms with van der Waals surface area (Å²) < 4.78 is 10.1. The summed E-state index contributed by atoms with van der Waals surface area (Å²) in [7, 11) is 0. The average molecular weight is 200 g/mol. The number of ether oxygens (including phenoxy) is 2. The summed E-state index contributed by atoms with van der Waals surface area (Å²) in [6.45, 7) is 11.7. The van der Waals surface area contributed by atoms with Crippen LogP contribution in [0.25, 0.3) is 0 Å². The molecule has 82 valence electrons. The molecule has 0 aromatic heterocycles.